The Balaban J connectivity index is 1.87. The van der Waals surface area contributed by atoms with Crippen LogP contribution in [0.25, 0.3) is 0 Å². The molecular weight excluding hydrogens is 240 g/mol. The Labute approximate surface area is 115 Å². The van der Waals surface area contributed by atoms with Crippen LogP contribution < -0.4 is 5.32 Å². The van der Waals surface area contributed by atoms with Gasteiger partial charge in [0.2, 0.25) is 0 Å². The number of nitrogens with one attached hydrogen (secondary N) is 1. The minimum atomic E-state index is 0.492. The number of hydrogen-bond acceptors (Lipinski definition) is 3. The topological polar surface area (TPSA) is 24.9 Å². The first kappa shape index (κ1) is 14.0. The maximum Gasteiger partial charge on any atom is 0.0797 e. The van der Waals surface area contributed by atoms with Gasteiger partial charge in [0.1, 0.15) is 0 Å². The van der Waals surface area contributed by atoms with Crippen LogP contribution in [0, 0.1) is 18.3 Å². The molecule has 1 aliphatic rings. The van der Waals surface area contributed by atoms with Crippen LogP contribution in [0.5, 0.6) is 0 Å². The molecule has 1 aromatic heterocycles. The lowest BCUT2D eigenvalue weighted by atomic mass is 9.80. The van der Waals surface area contributed by atoms with E-state index in [2.05, 4.69) is 31.1 Å². The SMILES string of the molecule is CCCNCC(C)(CCc1scnc1C)C1CC1. The molecule has 1 aliphatic carbocycles. The van der Waals surface area contributed by atoms with E-state index < -0.39 is 0 Å². The van der Waals surface area contributed by atoms with E-state index in [4.69, 9.17) is 0 Å². The van der Waals surface area contributed by atoms with Gasteiger partial charge in [-0.1, -0.05) is 13.8 Å². The molecule has 1 unspecified atom stereocenters. The van der Waals surface area contributed by atoms with Gasteiger partial charge in [-0.3, -0.25) is 0 Å². The highest BCUT2D eigenvalue weighted by atomic mass is 32.1. The first-order chi connectivity index (χ1) is 8.65. The largest absolute Gasteiger partial charge is 0.316 e. The van der Waals surface area contributed by atoms with Crippen molar-refractivity contribution in [3.8, 4) is 0 Å². The van der Waals surface area contributed by atoms with Crippen LogP contribution >= 0.6 is 11.3 Å². The standard InChI is InChI=1S/C15H26N2S/c1-4-9-16-10-15(3,13-5-6-13)8-7-14-12(2)17-11-18-14/h11,13,16H,4-10H2,1-3H3. The Bertz CT molecular complexity index is 370. The smallest absolute Gasteiger partial charge is 0.0797 e. The second kappa shape index (κ2) is 6.16. The molecule has 0 aromatic carbocycles. The molecule has 1 heterocycles. The number of nitrogens with zero attached hydrogens (tertiary/aromatic N) is 1. The third-order valence-corrected chi connectivity index (χ3v) is 5.28. The normalized spacial score (nSPS) is 18.8. The molecule has 2 nitrogen and oxygen atoms in total. The Kier molecular flexibility index (Phi) is 4.79. The molecule has 0 radical (unpaired) electrons. The number of aromatic nitrogens is 1. The monoisotopic (exact) mass is 266 g/mol. The molecule has 2 rings (SSSR count). The fourth-order valence-corrected chi connectivity index (χ4v) is 3.51. The number of thiazole rings is 1. The van der Waals surface area contributed by atoms with Crippen LogP contribution in [-0.2, 0) is 6.42 Å². The summed E-state index contributed by atoms with van der Waals surface area (Å²) in [5.41, 5.74) is 3.71. The summed E-state index contributed by atoms with van der Waals surface area (Å²) in [6.45, 7) is 9.19. The lowest BCUT2D eigenvalue weighted by Crippen LogP contribution is -2.34. The van der Waals surface area contributed by atoms with Crippen molar-refractivity contribution in [2.24, 2.45) is 11.3 Å². The Hall–Kier alpha value is -0.410. The molecule has 1 aromatic rings. The number of rotatable bonds is 8. The van der Waals surface area contributed by atoms with E-state index >= 15 is 0 Å². The molecule has 3 heteroatoms. The van der Waals surface area contributed by atoms with Crippen molar-refractivity contribution in [3.63, 3.8) is 0 Å². The van der Waals surface area contributed by atoms with Crippen LogP contribution in [0.2, 0.25) is 0 Å². The molecule has 1 atom stereocenters. The summed E-state index contributed by atoms with van der Waals surface area (Å²) >= 11 is 1.82. The van der Waals surface area contributed by atoms with Crippen molar-refractivity contribution in [1.29, 1.82) is 0 Å². The second-order valence-electron chi connectivity index (χ2n) is 5.97. The molecule has 0 aliphatic heterocycles. The fraction of sp³-hybridized carbons (Fsp3) is 0.800. The van der Waals surface area contributed by atoms with Gasteiger partial charge < -0.3 is 5.32 Å². The molecule has 0 bridgehead atoms. The van der Waals surface area contributed by atoms with E-state index in [9.17, 15) is 0 Å². The Morgan fingerprint density at radius 3 is 2.83 bits per heavy atom. The number of hydrogen-bond donors (Lipinski definition) is 1. The van der Waals surface area contributed by atoms with Gasteiger partial charge in [0.15, 0.2) is 0 Å². The summed E-state index contributed by atoms with van der Waals surface area (Å²) in [4.78, 5) is 5.84. The minimum Gasteiger partial charge on any atom is -0.316 e. The van der Waals surface area contributed by atoms with Crippen molar-refractivity contribution < 1.29 is 0 Å². The van der Waals surface area contributed by atoms with Crippen molar-refractivity contribution in [2.75, 3.05) is 13.1 Å². The van der Waals surface area contributed by atoms with E-state index in [0.29, 0.717) is 5.41 Å². The van der Waals surface area contributed by atoms with E-state index in [1.165, 1.54) is 49.2 Å². The van der Waals surface area contributed by atoms with E-state index in [1.807, 2.05) is 16.8 Å². The zero-order chi connectivity index (χ0) is 13.0. The average Bonchev–Trinajstić information content (AvgIpc) is 3.12. The zero-order valence-electron chi connectivity index (χ0n) is 12.0. The Morgan fingerprint density at radius 2 is 2.28 bits per heavy atom. The van der Waals surface area contributed by atoms with Crippen molar-refractivity contribution in [1.82, 2.24) is 10.3 Å². The lowest BCUT2D eigenvalue weighted by Gasteiger charge is -2.30. The Morgan fingerprint density at radius 1 is 1.50 bits per heavy atom. The molecule has 1 N–H and O–H groups in total. The highest BCUT2D eigenvalue weighted by molar-refractivity contribution is 7.09. The quantitative estimate of drug-likeness (QED) is 0.724. The maximum absolute atomic E-state index is 4.36. The average molecular weight is 266 g/mol. The highest BCUT2D eigenvalue weighted by Gasteiger charge is 2.40. The third-order valence-electron chi connectivity index (χ3n) is 4.29. The predicted octanol–water partition coefficient (Wildman–Crippen LogP) is 3.80. The predicted molar refractivity (Wildman–Crippen MR) is 79.2 cm³/mol. The maximum atomic E-state index is 4.36. The molecule has 1 fully saturated rings. The molecule has 0 amide bonds. The van der Waals surface area contributed by atoms with Gasteiger partial charge in [0.25, 0.3) is 0 Å². The van der Waals surface area contributed by atoms with Crippen LogP contribution in [0.4, 0.5) is 0 Å². The fourth-order valence-electron chi connectivity index (χ4n) is 2.73. The summed E-state index contributed by atoms with van der Waals surface area (Å²) in [6.07, 6.45) is 6.61. The van der Waals surface area contributed by atoms with Crippen LogP contribution in [0.3, 0.4) is 0 Å². The summed E-state index contributed by atoms with van der Waals surface area (Å²) in [6, 6.07) is 0. The first-order valence-electron chi connectivity index (χ1n) is 7.25. The van der Waals surface area contributed by atoms with Crippen LogP contribution in [0.15, 0.2) is 5.51 Å². The van der Waals surface area contributed by atoms with Crippen molar-refractivity contribution in [3.05, 3.63) is 16.1 Å². The van der Waals surface area contributed by atoms with Gasteiger partial charge in [0.05, 0.1) is 11.2 Å². The summed E-state index contributed by atoms with van der Waals surface area (Å²) in [5.74, 6) is 0.954. The van der Waals surface area contributed by atoms with Crippen molar-refractivity contribution >= 4 is 11.3 Å². The first-order valence-corrected chi connectivity index (χ1v) is 8.13. The van der Waals surface area contributed by atoms with E-state index in [0.717, 1.165) is 12.5 Å². The molecule has 0 saturated heterocycles. The summed E-state index contributed by atoms with van der Waals surface area (Å²) < 4.78 is 0. The summed E-state index contributed by atoms with van der Waals surface area (Å²) in [7, 11) is 0. The van der Waals surface area contributed by atoms with Gasteiger partial charge in [-0.25, -0.2) is 4.98 Å². The number of aryl methyl sites for hydroxylation is 2. The minimum absolute atomic E-state index is 0.492. The van der Waals surface area contributed by atoms with Gasteiger partial charge in [-0.2, -0.15) is 0 Å². The molecule has 1 saturated carbocycles. The third kappa shape index (κ3) is 3.55. The summed E-state index contributed by atoms with van der Waals surface area (Å²) in [5, 5.41) is 3.63. The van der Waals surface area contributed by atoms with Crippen LogP contribution in [-0.4, -0.2) is 18.1 Å². The van der Waals surface area contributed by atoms with Gasteiger partial charge in [-0.05, 0) is 56.9 Å². The lowest BCUT2D eigenvalue weighted by molar-refractivity contribution is 0.238. The highest BCUT2D eigenvalue weighted by Crippen LogP contribution is 2.48. The molecule has 18 heavy (non-hydrogen) atoms. The second-order valence-corrected chi connectivity index (χ2v) is 6.91. The van der Waals surface area contributed by atoms with Crippen molar-refractivity contribution in [2.45, 2.75) is 52.9 Å². The van der Waals surface area contributed by atoms with Gasteiger partial charge in [0, 0.05) is 11.4 Å². The molecular formula is C15H26N2S. The van der Waals surface area contributed by atoms with Gasteiger partial charge >= 0.3 is 0 Å². The zero-order valence-corrected chi connectivity index (χ0v) is 12.8. The molecule has 102 valence electrons. The van der Waals surface area contributed by atoms with Crippen LogP contribution in [0.1, 0.15) is 50.1 Å². The molecule has 0 spiro atoms. The van der Waals surface area contributed by atoms with E-state index in [1.54, 1.807) is 0 Å². The van der Waals surface area contributed by atoms with Gasteiger partial charge in [-0.15, -0.1) is 11.3 Å². The van der Waals surface area contributed by atoms with E-state index in [-0.39, 0.29) is 0 Å².